The van der Waals surface area contributed by atoms with Crippen molar-refractivity contribution in [3.8, 4) is 6.07 Å². The number of fused-ring (bicyclic) bond motifs is 1. The van der Waals surface area contributed by atoms with Gasteiger partial charge in [0.2, 0.25) is 5.91 Å². The summed E-state index contributed by atoms with van der Waals surface area (Å²) >= 11 is 0. The molecule has 2 amide bonds. The first-order chi connectivity index (χ1) is 12.0. The average molecular weight is 339 g/mol. The highest BCUT2D eigenvalue weighted by Crippen LogP contribution is 2.21. The molecule has 2 unspecified atom stereocenters. The van der Waals surface area contributed by atoms with Gasteiger partial charge >= 0.3 is 0 Å². The minimum atomic E-state index is -1.19. The van der Waals surface area contributed by atoms with Gasteiger partial charge in [0, 0.05) is 12.0 Å². The molecule has 1 aliphatic rings. The van der Waals surface area contributed by atoms with Crippen LogP contribution < -0.4 is 5.32 Å². The molecule has 128 valence electrons. The van der Waals surface area contributed by atoms with E-state index in [2.05, 4.69) is 5.32 Å². The normalized spacial score (nSPS) is 19.6. The molecule has 0 aromatic heterocycles. The van der Waals surface area contributed by atoms with Crippen molar-refractivity contribution < 1.29 is 14.0 Å². The number of nitriles is 1. The fraction of sp³-hybridized carbons (Fsp3) is 0.316. The van der Waals surface area contributed by atoms with E-state index in [4.69, 9.17) is 5.26 Å². The number of rotatable bonds is 3. The molecule has 2 atom stereocenters. The molecule has 1 heterocycles. The number of likely N-dealkylation sites (tertiary alicyclic amines) is 1. The molecule has 1 aliphatic heterocycles. The lowest BCUT2D eigenvalue weighted by Crippen LogP contribution is -2.42. The maximum Gasteiger partial charge on any atom is 0.252 e. The Morgan fingerprint density at radius 2 is 2.16 bits per heavy atom. The van der Waals surface area contributed by atoms with E-state index in [0.29, 0.717) is 5.56 Å². The van der Waals surface area contributed by atoms with Crippen molar-refractivity contribution in [2.75, 3.05) is 13.1 Å². The summed E-state index contributed by atoms with van der Waals surface area (Å²) in [7, 11) is 0. The summed E-state index contributed by atoms with van der Waals surface area (Å²) in [5.41, 5.74) is 1.52. The zero-order valence-corrected chi connectivity index (χ0v) is 13.8. The van der Waals surface area contributed by atoms with Crippen LogP contribution in [-0.4, -0.2) is 42.0 Å². The second kappa shape index (κ2) is 6.89. The van der Waals surface area contributed by atoms with Gasteiger partial charge < -0.3 is 10.2 Å². The van der Waals surface area contributed by atoms with Crippen molar-refractivity contribution in [2.24, 2.45) is 0 Å². The second-order valence-corrected chi connectivity index (χ2v) is 6.24. The predicted molar refractivity (Wildman–Crippen MR) is 91.6 cm³/mol. The third-order valence-corrected chi connectivity index (χ3v) is 4.40. The molecule has 2 aromatic rings. The topological polar surface area (TPSA) is 73.2 Å². The highest BCUT2D eigenvalue weighted by Gasteiger charge is 2.35. The van der Waals surface area contributed by atoms with E-state index in [0.717, 1.165) is 16.3 Å². The summed E-state index contributed by atoms with van der Waals surface area (Å²) < 4.78 is 13.4. The van der Waals surface area contributed by atoms with Crippen LogP contribution in [0.2, 0.25) is 0 Å². The van der Waals surface area contributed by atoms with Crippen LogP contribution in [0, 0.1) is 18.3 Å². The monoisotopic (exact) mass is 339 g/mol. The molecular weight excluding hydrogens is 321 g/mol. The van der Waals surface area contributed by atoms with Gasteiger partial charge in [0.25, 0.3) is 5.91 Å². The molecule has 0 bridgehead atoms. The number of hydrogen-bond acceptors (Lipinski definition) is 3. The predicted octanol–water partition coefficient (Wildman–Crippen LogP) is 2.34. The zero-order valence-electron chi connectivity index (χ0n) is 13.8. The first-order valence-electron chi connectivity index (χ1n) is 8.10. The van der Waals surface area contributed by atoms with Crippen LogP contribution in [0.15, 0.2) is 36.4 Å². The third kappa shape index (κ3) is 3.45. The van der Waals surface area contributed by atoms with Crippen molar-refractivity contribution >= 4 is 22.6 Å². The maximum absolute atomic E-state index is 13.4. The van der Waals surface area contributed by atoms with Crippen LogP contribution in [0.5, 0.6) is 0 Å². The Morgan fingerprint density at radius 1 is 1.36 bits per heavy atom. The van der Waals surface area contributed by atoms with Crippen LogP contribution in [0.1, 0.15) is 22.3 Å². The molecule has 6 heteroatoms. The van der Waals surface area contributed by atoms with E-state index in [1.54, 1.807) is 12.1 Å². The number of hydrogen-bond donors (Lipinski definition) is 1. The Morgan fingerprint density at radius 3 is 2.92 bits per heavy atom. The van der Waals surface area contributed by atoms with Gasteiger partial charge in [-0.2, -0.15) is 5.26 Å². The van der Waals surface area contributed by atoms with Gasteiger partial charge in [-0.25, -0.2) is 4.39 Å². The lowest BCUT2D eigenvalue weighted by atomic mass is 10.0. The number of carbonyl (C=O) groups is 2. The summed E-state index contributed by atoms with van der Waals surface area (Å²) in [5, 5.41) is 13.3. The standard InChI is InChI=1S/C19H18FN3O2/c1-12-5-6-13-3-2-4-16(17(13)7-12)19(25)22-10-18(24)23-11-14(20)8-15(23)9-21/h2-7,14-15H,8,10-11H2,1H3,(H,22,25). The van der Waals surface area contributed by atoms with Gasteiger partial charge in [0.05, 0.1) is 19.2 Å². The van der Waals surface area contributed by atoms with Gasteiger partial charge in [0.1, 0.15) is 12.2 Å². The van der Waals surface area contributed by atoms with Crippen LogP contribution in [0.25, 0.3) is 10.8 Å². The van der Waals surface area contributed by atoms with E-state index >= 15 is 0 Å². The average Bonchev–Trinajstić information content (AvgIpc) is 2.99. The van der Waals surface area contributed by atoms with Crippen molar-refractivity contribution in [3.05, 3.63) is 47.5 Å². The molecule has 25 heavy (non-hydrogen) atoms. The summed E-state index contributed by atoms with van der Waals surface area (Å²) in [4.78, 5) is 25.9. The molecule has 0 spiro atoms. The lowest BCUT2D eigenvalue weighted by molar-refractivity contribution is -0.130. The molecule has 1 saturated heterocycles. The number of halogens is 1. The van der Waals surface area contributed by atoms with Crippen molar-refractivity contribution in [1.29, 1.82) is 5.26 Å². The van der Waals surface area contributed by atoms with Crippen molar-refractivity contribution in [2.45, 2.75) is 25.6 Å². The first kappa shape index (κ1) is 16.9. The summed E-state index contributed by atoms with van der Waals surface area (Å²) in [6, 6.07) is 12.4. The molecule has 2 aromatic carbocycles. The van der Waals surface area contributed by atoms with Gasteiger partial charge in [-0.15, -0.1) is 0 Å². The Bertz CT molecular complexity index is 875. The molecule has 3 rings (SSSR count). The minimum absolute atomic E-state index is 0.0266. The maximum atomic E-state index is 13.4. The Labute approximate surface area is 145 Å². The molecule has 1 fully saturated rings. The van der Waals surface area contributed by atoms with Crippen LogP contribution in [0.4, 0.5) is 4.39 Å². The smallest absolute Gasteiger partial charge is 0.252 e. The Kier molecular flexibility index (Phi) is 4.66. The summed E-state index contributed by atoms with van der Waals surface area (Å²) in [5.74, 6) is -0.814. The number of alkyl halides is 1. The lowest BCUT2D eigenvalue weighted by Gasteiger charge is -2.19. The highest BCUT2D eigenvalue weighted by molar-refractivity contribution is 6.08. The fourth-order valence-electron chi connectivity index (χ4n) is 3.12. The van der Waals surface area contributed by atoms with Gasteiger partial charge in [-0.1, -0.05) is 35.9 Å². The molecular formula is C19H18FN3O2. The SMILES string of the molecule is Cc1ccc2cccc(C(=O)NCC(=O)N3CC(F)CC3C#N)c2c1. The molecule has 0 saturated carbocycles. The Hall–Kier alpha value is -2.94. The van der Waals surface area contributed by atoms with E-state index < -0.39 is 18.1 Å². The number of amides is 2. The highest BCUT2D eigenvalue weighted by atomic mass is 19.1. The van der Waals surface area contributed by atoms with Gasteiger partial charge in [-0.3, -0.25) is 9.59 Å². The minimum Gasteiger partial charge on any atom is -0.343 e. The number of carbonyl (C=O) groups excluding carboxylic acids is 2. The third-order valence-electron chi connectivity index (χ3n) is 4.40. The van der Waals surface area contributed by atoms with E-state index in [-0.39, 0.29) is 25.4 Å². The molecule has 0 aliphatic carbocycles. The molecule has 5 nitrogen and oxygen atoms in total. The molecule has 1 N–H and O–H groups in total. The zero-order chi connectivity index (χ0) is 18.0. The number of nitrogens with zero attached hydrogens (tertiary/aromatic N) is 2. The molecule has 0 radical (unpaired) electrons. The fourth-order valence-corrected chi connectivity index (χ4v) is 3.12. The van der Waals surface area contributed by atoms with E-state index in [1.165, 1.54) is 4.90 Å². The van der Waals surface area contributed by atoms with E-state index in [1.807, 2.05) is 37.3 Å². The van der Waals surface area contributed by atoms with Crippen LogP contribution in [-0.2, 0) is 4.79 Å². The number of benzene rings is 2. The Balaban J connectivity index is 1.72. The van der Waals surface area contributed by atoms with Crippen LogP contribution >= 0.6 is 0 Å². The van der Waals surface area contributed by atoms with Crippen molar-refractivity contribution in [3.63, 3.8) is 0 Å². The number of aryl methyl sites for hydroxylation is 1. The quantitative estimate of drug-likeness (QED) is 0.933. The van der Waals surface area contributed by atoms with Gasteiger partial charge in [0.15, 0.2) is 0 Å². The second-order valence-electron chi connectivity index (χ2n) is 6.24. The number of nitrogens with one attached hydrogen (secondary N) is 1. The largest absolute Gasteiger partial charge is 0.343 e. The first-order valence-corrected chi connectivity index (χ1v) is 8.10. The van der Waals surface area contributed by atoms with Gasteiger partial charge in [-0.05, 0) is 23.8 Å². The van der Waals surface area contributed by atoms with E-state index in [9.17, 15) is 14.0 Å². The van der Waals surface area contributed by atoms with Crippen LogP contribution in [0.3, 0.4) is 0 Å². The van der Waals surface area contributed by atoms with Crippen molar-refractivity contribution in [1.82, 2.24) is 10.2 Å². The summed E-state index contributed by atoms with van der Waals surface area (Å²) in [6.07, 6.45) is -1.16. The summed E-state index contributed by atoms with van der Waals surface area (Å²) in [6.45, 7) is 1.59.